The highest BCUT2D eigenvalue weighted by Crippen LogP contribution is 2.39. The van der Waals surface area contributed by atoms with Crippen molar-refractivity contribution in [3.8, 4) is 5.75 Å². The number of carbonyl (C=O) groups is 1. The van der Waals surface area contributed by atoms with E-state index in [1.54, 1.807) is 29.8 Å². The van der Waals surface area contributed by atoms with E-state index in [2.05, 4.69) is 15.4 Å². The zero-order chi connectivity index (χ0) is 25.1. The first kappa shape index (κ1) is 23.9. The Morgan fingerprint density at radius 2 is 1.72 bits per heavy atom. The van der Waals surface area contributed by atoms with E-state index < -0.39 is 12.0 Å². The van der Waals surface area contributed by atoms with E-state index in [1.165, 1.54) is 6.33 Å². The molecule has 0 saturated carbocycles. The van der Waals surface area contributed by atoms with Crippen LogP contribution in [0.5, 0.6) is 5.75 Å². The summed E-state index contributed by atoms with van der Waals surface area (Å²) in [6.07, 6.45) is 1.46. The van der Waals surface area contributed by atoms with Crippen LogP contribution < -0.4 is 10.1 Å². The minimum atomic E-state index is -0.551. The van der Waals surface area contributed by atoms with Crippen LogP contribution in [-0.2, 0) is 16.1 Å². The molecule has 36 heavy (non-hydrogen) atoms. The summed E-state index contributed by atoms with van der Waals surface area (Å²) in [7, 11) is 0. The maximum absolute atomic E-state index is 13.3. The summed E-state index contributed by atoms with van der Waals surface area (Å²) in [5.74, 6) is 0.733. The molecule has 0 unspecified atom stereocenters. The molecule has 7 nitrogen and oxygen atoms in total. The lowest BCUT2D eigenvalue weighted by Crippen LogP contribution is -2.30. The number of anilines is 1. The van der Waals surface area contributed by atoms with Crippen molar-refractivity contribution >= 4 is 40.8 Å². The molecule has 1 aliphatic rings. The van der Waals surface area contributed by atoms with Gasteiger partial charge in [-0.3, -0.25) is 0 Å². The van der Waals surface area contributed by atoms with Crippen LogP contribution in [0, 0.1) is 0 Å². The summed E-state index contributed by atoms with van der Waals surface area (Å²) in [6.45, 7) is 2.26. The van der Waals surface area contributed by atoms with Crippen LogP contribution in [0.15, 0.2) is 84.7 Å². The number of nitrogens with one attached hydrogen (secondary N) is 1. The fourth-order valence-corrected chi connectivity index (χ4v) is 4.61. The molecule has 5 rings (SSSR count). The summed E-state index contributed by atoms with van der Waals surface area (Å²) < 4.78 is 13.1. The molecule has 182 valence electrons. The Bertz CT molecular complexity index is 1400. The second-order valence-electron chi connectivity index (χ2n) is 7.99. The molecule has 0 saturated heterocycles. The first-order valence-corrected chi connectivity index (χ1v) is 12.1. The van der Waals surface area contributed by atoms with Gasteiger partial charge in [-0.1, -0.05) is 71.7 Å². The van der Waals surface area contributed by atoms with Crippen molar-refractivity contribution in [2.75, 3.05) is 11.9 Å². The first-order valence-electron chi connectivity index (χ1n) is 11.4. The number of fused-ring (bicyclic) bond motifs is 1. The van der Waals surface area contributed by atoms with E-state index in [0.717, 1.165) is 16.7 Å². The summed E-state index contributed by atoms with van der Waals surface area (Å²) in [4.78, 5) is 17.6. The lowest BCUT2D eigenvalue weighted by Gasteiger charge is -2.29. The third-order valence-corrected chi connectivity index (χ3v) is 6.50. The molecule has 3 aromatic carbocycles. The molecule has 9 heteroatoms. The lowest BCUT2D eigenvalue weighted by molar-refractivity contribution is -0.138. The summed E-state index contributed by atoms with van der Waals surface area (Å²) in [6, 6.07) is 21.9. The van der Waals surface area contributed by atoms with Gasteiger partial charge in [0.25, 0.3) is 0 Å². The van der Waals surface area contributed by atoms with Crippen LogP contribution >= 0.6 is 23.2 Å². The Balaban J connectivity index is 1.51. The molecule has 0 aliphatic carbocycles. The Kier molecular flexibility index (Phi) is 6.93. The number of ether oxygens (including phenoxy) is 2. The number of esters is 1. The Morgan fingerprint density at radius 1 is 1.00 bits per heavy atom. The summed E-state index contributed by atoms with van der Waals surface area (Å²) in [5, 5.41) is 8.75. The zero-order valence-corrected chi connectivity index (χ0v) is 20.8. The topological polar surface area (TPSA) is 78.3 Å². The summed E-state index contributed by atoms with van der Waals surface area (Å²) >= 11 is 12.5. The van der Waals surface area contributed by atoms with Gasteiger partial charge in [0.05, 0.1) is 17.9 Å². The molecule has 0 spiro atoms. The molecule has 1 aliphatic heterocycles. The third kappa shape index (κ3) is 4.67. The van der Waals surface area contributed by atoms with Gasteiger partial charge in [-0.15, -0.1) is 0 Å². The van der Waals surface area contributed by atoms with E-state index in [9.17, 15) is 4.79 Å². The van der Waals surface area contributed by atoms with E-state index in [0.29, 0.717) is 33.0 Å². The molecule has 2 heterocycles. The third-order valence-electron chi connectivity index (χ3n) is 5.80. The normalized spacial score (nSPS) is 14.7. The van der Waals surface area contributed by atoms with Crippen LogP contribution in [-0.4, -0.2) is 27.3 Å². The van der Waals surface area contributed by atoms with Crippen LogP contribution in [0.3, 0.4) is 0 Å². The largest absolute Gasteiger partial charge is 0.489 e. The maximum Gasteiger partial charge on any atom is 0.338 e. The number of nitrogens with zero attached hydrogens (tertiary/aromatic N) is 3. The van der Waals surface area contributed by atoms with Gasteiger partial charge in [-0.2, -0.15) is 10.1 Å². The second-order valence-corrected chi connectivity index (χ2v) is 8.80. The van der Waals surface area contributed by atoms with Crippen LogP contribution in [0.4, 0.5) is 5.95 Å². The zero-order valence-electron chi connectivity index (χ0n) is 19.3. The van der Waals surface area contributed by atoms with Gasteiger partial charge in [0.2, 0.25) is 5.95 Å². The summed E-state index contributed by atoms with van der Waals surface area (Å²) in [5.41, 5.74) is 3.46. The number of hydrogen-bond donors (Lipinski definition) is 1. The lowest BCUT2D eigenvalue weighted by atomic mass is 9.93. The van der Waals surface area contributed by atoms with Crippen molar-refractivity contribution < 1.29 is 14.3 Å². The average molecular weight is 521 g/mol. The average Bonchev–Trinajstić information content (AvgIpc) is 3.37. The van der Waals surface area contributed by atoms with Crippen molar-refractivity contribution in [3.05, 3.63) is 111 Å². The molecule has 1 aromatic heterocycles. The van der Waals surface area contributed by atoms with Crippen LogP contribution in [0.25, 0.3) is 5.70 Å². The number of hydrogen-bond acceptors (Lipinski definition) is 6. The van der Waals surface area contributed by atoms with Gasteiger partial charge in [-0.05, 0) is 42.3 Å². The first-order chi connectivity index (χ1) is 17.6. The van der Waals surface area contributed by atoms with Crippen molar-refractivity contribution in [1.29, 1.82) is 0 Å². The molecule has 4 aromatic rings. The predicted molar refractivity (Wildman–Crippen MR) is 139 cm³/mol. The number of carbonyl (C=O) groups excluding carboxylic acids is 1. The molecule has 1 atom stereocenters. The molecule has 0 radical (unpaired) electrons. The number of aromatic nitrogens is 3. The molecule has 1 N–H and O–H groups in total. The van der Waals surface area contributed by atoms with Gasteiger partial charge in [0.15, 0.2) is 0 Å². The second kappa shape index (κ2) is 10.4. The highest BCUT2D eigenvalue weighted by atomic mass is 35.5. The maximum atomic E-state index is 13.3. The van der Waals surface area contributed by atoms with Crippen molar-refractivity contribution in [2.45, 2.75) is 19.6 Å². The standard InChI is InChI=1S/C27H22Cl2N4O3/c1-2-35-26(34)23-24(17-7-4-3-5-8-17)32-27-30-16-31-33(27)25(23)18-11-13-19(14-12-18)36-15-20-21(28)9-6-10-22(20)29/h3-14,16,25H,2,15H2,1H3,(H,30,31,32)/t25-/m0/s1. The smallest absolute Gasteiger partial charge is 0.338 e. The highest BCUT2D eigenvalue weighted by Gasteiger charge is 2.36. The Hall–Kier alpha value is -3.81. The van der Waals surface area contributed by atoms with E-state index in [-0.39, 0.29) is 13.2 Å². The van der Waals surface area contributed by atoms with E-state index >= 15 is 0 Å². The minimum Gasteiger partial charge on any atom is -0.489 e. The number of benzene rings is 3. The number of halogens is 2. The van der Waals surface area contributed by atoms with Crippen molar-refractivity contribution in [2.24, 2.45) is 0 Å². The molecule has 0 bridgehead atoms. The van der Waals surface area contributed by atoms with Gasteiger partial charge < -0.3 is 14.8 Å². The van der Waals surface area contributed by atoms with Gasteiger partial charge in [0, 0.05) is 15.6 Å². The van der Waals surface area contributed by atoms with E-state index in [4.69, 9.17) is 32.7 Å². The van der Waals surface area contributed by atoms with Gasteiger partial charge >= 0.3 is 5.97 Å². The Morgan fingerprint density at radius 3 is 2.42 bits per heavy atom. The highest BCUT2D eigenvalue weighted by molar-refractivity contribution is 6.35. The molecular weight excluding hydrogens is 499 g/mol. The van der Waals surface area contributed by atoms with Crippen molar-refractivity contribution in [3.63, 3.8) is 0 Å². The Labute approximate surface area is 218 Å². The monoisotopic (exact) mass is 520 g/mol. The molecule has 0 fully saturated rings. The fourth-order valence-electron chi connectivity index (χ4n) is 4.10. The van der Waals surface area contributed by atoms with Crippen molar-refractivity contribution in [1.82, 2.24) is 14.8 Å². The van der Waals surface area contributed by atoms with Crippen LogP contribution in [0.2, 0.25) is 10.0 Å². The van der Waals surface area contributed by atoms with Gasteiger partial charge in [0.1, 0.15) is 24.7 Å². The fraction of sp³-hybridized carbons (Fsp3) is 0.148. The minimum absolute atomic E-state index is 0.227. The quantitative estimate of drug-likeness (QED) is 0.294. The number of rotatable bonds is 7. The molecular formula is C27H22Cl2N4O3. The predicted octanol–water partition coefficient (Wildman–Crippen LogP) is 6.15. The van der Waals surface area contributed by atoms with Gasteiger partial charge in [-0.25, -0.2) is 9.48 Å². The SMILES string of the molecule is CCOC(=O)C1=C(c2ccccc2)Nc2ncnn2[C@H]1c1ccc(OCc2c(Cl)cccc2Cl)cc1. The van der Waals surface area contributed by atoms with Crippen LogP contribution in [0.1, 0.15) is 29.7 Å². The van der Waals surface area contributed by atoms with E-state index in [1.807, 2.05) is 54.6 Å². The molecule has 0 amide bonds.